The fraction of sp³-hybridized carbons (Fsp3) is 0.462. The van der Waals surface area contributed by atoms with Crippen LogP contribution in [0.5, 0.6) is 0 Å². The summed E-state index contributed by atoms with van der Waals surface area (Å²) in [6.45, 7) is 4.83. The molecule has 1 aromatic rings. The number of nitrogens with zero attached hydrogens (tertiary/aromatic N) is 1. The standard InChI is InChI=1S/C13H16BrNO/c1-3-15(11-6-7-11)13(16)12-8-10(14)5-4-9(12)2/h4-5,8,11H,3,6-7H2,1-2H3. The number of carbonyl (C=O) groups is 1. The Morgan fingerprint density at radius 2 is 2.19 bits per heavy atom. The summed E-state index contributed by atoms with van der Waals surface area (Å²) in [5, 5.41) is 0. The molecule has 86 valence electrons. The summed E-state index contributed by atoms with van der Waals surface area (Å²) in [5.74, 6) is 0.170. The van der Waals surface area contributed by atoms with Crippen molar-refractivity contribution in [2.45, 2.75) is 32.7 Å². The first-order valence-electron chi connectivity index (χ1n) is 5.70. The molecule has 1 aliphatic rings. The van der Waals surface area contributed by atoms with Crippen LogP contribution in [0.2, 0.25) is 0 Å². The van der Waals surface area contributed by atoms with Crippen LogP contribution in [0.4, 0.5) is 0 Å². The molecule has 3 heteroatoms. The van der Waals surface area contributed by atoms with E-state index >= 15 is 0 Å². The third-order valence-corrected chi connectivity index (χ3v) is 3.51. The van der Waals surface area contributed by atoms with Crippen molar-refractivity contribution in [1.29, 1.82) is 0 Å². The van der Waals surface area contributed by atoms with Crippen LogP contribution in [0.1, 0.15) is 35.7 Å². The highest BCUT2D eigenvalue weighted by molar-refractivity contribution is 9.10. The number of aryl methyl sites for hydroxylation is 1. The highest BCUT2D eigenvalue weighted by Gasteiger charge is 2.32. The number of benzene rings is 1. The summed E-state index contributed by atoms with van der Waals surface area (Å²) >= 11 is 3.42. The molecule has 0 aliphatic heterocycles. The van der Waals surface area contributed by atoms with Crippen molar-refractivity contribution in [3.05, 3.63) is 33.8 Å². The van der Waals surface area contributed by atoms with Crippen LogP contribution in [0.15, 0.2) is 22.7 Å². The van der Waals surface area contributed by atoms with Gasteiger partial charge in [-0.05, 0) is 44.4 Å². The topological polar surface area (TPSA) is 20.3 Å². The Bertz CT molecular complexity index is 412. The molecule has 2 rings (SSSR count). The lowest BCUT2D eigenvalue weighted by Crippen LogP contribution is -2.33. The van der Waals surface area contributed by atoms with Gasteiger partial charge in [0.05, 0.1) is 0 Å². The van der Waals surface area contributed by atoms with Gasteiger partial charge in [0, 0.05) is 22.6 Å². The van der Waals surface area contributed by atoms with E-state index in [0.717, 1.165) is 35.0 Å². The van der Waals surface area contributed by atoms with Crippen molar-refractivity contribution in [1.82, 2.24) is 4.90 Å². The minimum atomic E-state index is 0.170. The van der Waals surface area contributed by atoms with Crippen LogP contribution in [0.3, 0.4) is 0 Å². The molecule has 1 saturated carbocycles. The second kappa shape index (κ2) is 4.58. The van der Waals surface area contributed by atoms with Gasteiger partial charge < -0.3 is 4.90 Å². The number of hydrogen-bond acceptors (Lipinski definition) is 1. The molecule has 0 unspecified atom stereocenters. The van der Waals surface area contributed by atoms with E-state index in [1.807, 2.05) is 36.9 Å². The Hall–Kier alpha value is -0.830. The Morgan fingerprint density at radius 3 is 2.75 bits per heavy atom. The first-order valence-corrected chi connectivity index (χ1v) is 6.50. The predicted molar refractivity (Wildman–Crippen MR) is 68.6 cm³/mol. The zero-order valence-corrected chi connectivity index (χ0v) is 11.3. The molecule has 1 amide bonds. The minimum absolute atomic E-state index is 0.170. The maximum atomic E-state index is 12.3. The molecule has 0 radical (unpaired) electrons. The highest BCUT2D eigenvalue weighted by atomic mass is 79.9. The summed E-state index contributed by atoms with van der Waals surface area (Å²) in [4.78, 5) is 14.3. The van der Waals surface area contributed by atoms with Crippen LogP contribution < -0.4 is 0 Å². The van der Waals surface area contributed by atoms with E-state index < -0.39 is 0 Å². The highest BCUT2D eigenvalue weighted by Crippen LogP contribution is 2.29. The van der Waals surface area contributed by atoms with E-state index in [9.17, 15) is 4.79 Å². The third kappa shape index (κ3) is 2.29. The van der Waals surface area contributed by atoms with Gasteiger partial charge in [0.1, 0.15) is 0 Å². The average molecular weight is 282 g/mol. The van der Waals surface area contributed by atoms with E-state index in [0.29, 0.717) is 6.04 Å². The van der Waals surface area contributed by atoms with Gasteiger partial charge in [-0.1, -0.05) is 22.0 Å². The lowest BCUT2D eigenvalue weighted by molar-refractivity contribution is 0.0752. The van der Waals surface area contributed by atoms with Crippen molar-refractivity contribution >= 4 is 21.8 Å². The first kappa shape index (κ1) is 11.6. The Kier molecular flexibility index (Phi) is 3.33. The van der Waals surface area contributed by atoms with Gasteiger partial charge >= 0.3 is 0 Å². The monoisotopic (exact) mass is 281 g/mol. The normalized spacial score (nSPS) is 14.9. The Morgan fingerprint density at radius 1 is 1.50 bits per heavy atom. The van der Waals surface area contributed by atoms with Crippen LogP contribution in [-0.2, 0) is 0 Å². The van der Waals surface area contributed by atoms with Crippen molar-refractivity contribution in [2.75, 3.05) is 6.54 Å². The summed E-state index contributed by atoms with van der Waals surface area (Å²) in [7, 11) is 0. The number of amides is 1. The second-order valence-electron chi connectivity index (χ2n) is 4.28. The first-order chi connectivity index (χ1) is 7.63. The molecule has 0 N–H and O–H groups in total. The van der Waals surface area contributed by atoms with Crippen molar-refractivity contribution < 1.29 is 4.79 Å². The van der Waals surface area contributed by atoms with Crippen LogP contribution >= 0.6 is 15.9 Å². The van der Waals surface area contributed by atoms with E-state index in [1.54, 1.807) is 0 Å². The average Bonchev–Trinajstić information content (AvgIpc) is 3.07. The maximum absolute atomic E-state index is 12.3. The number of carbonyl (C=O) groups excluding carboxylic acids is 1. The largest absolute Gasteiger partial charge is 0.336 e. The molecule has 0 atom stereocenters. The molecule has 0 aromatic heterocycles. The molecule has 1 fully saturated rings. The SMILES string of the molecule is CCN(C(=O)c1cc(Br)ccc1C)C1CC1. The third-order valence-electron chi connectivity index (χ3n) is 3.02. The molecule has 16 heavy (non-hydrogen) atoms. The van der Waals surface area contributed by atoms with E-state index in [2.05, 4.69) is 15.9 Å². The molecule has 1 aromatic carbocycles. The van der Waals surface area contributed by atoms with Gasteiger partial charge in [-0.25, -0.2) is 0 Å². The molecular formula is C13H16BrNO. The van der Waals surface area contributed by atoms with E-state index in [-0.39, 0.29) is 5.91 Å². The number of halogens is 1. The van der Waals surface area contributed by atoms with Gasteiger partial charge in [0.25, 0.3) is 5.91 Å². The van der Waals surface area contributed by atoms with Gasteiger partial charge in [0.2, 0.25) is 0 Å². The molecule has 2 nitrogen and oxygen atoms in total. The molecular weight excluding hydrogens is 266 g/mol. The molecule has 0 bridgehead atoms. The minimum Gasteiger partial charge on any atom is -0.336 e. The van der Waals surface area contributed by atoms with Gasteiger partial charge in [0.15, 0.2) is 0 Å². The molecule has 1 aliphatic carbocycles. The summed E-state index contributed by atoms with van der Waals surface area (Å²) in [5.41, 5.74) is 1.87. The fourth-order valence-corrected chi connectivity index (χ4v) is 2.29. The fourth-order valence-electron chi connectivity index (χ4n) is 1.93. The number of hydrogen-bond donors (Lipinski definition) is 0. The molecule has 0 heterocycles. The lowest BCUT2D eigenvalue weighted by atomic mass is 10.1. The predicted octanol–water partition coefficient (Wildman–Crippen LogP) is 3.38. The van der Waals surface area contributed by atoms with Crippen LogP contribution in [0.25, 0.3) is 0 Å². The second-order valence-corrected chi connectivity index (χ2v) is 5.20. The van der Waals surface area contributed by atoms with E-state index in [1.165, 1.54) is 0 Å². The van der Waals surface area contributed by atoms with Gasteiger partial charge in [-0.2, -0.15) is 0 Å². The molecule has 0 spiro atoms. The summed E-state index contributed by atoms with van der Waals surface area (Å²) in [6, 6.07) is 6.36. The molecule has 0 saturated heterocycles. The lowest BCUT2D eigenvalue weighted by Gasteiger charge is -2.21. The summed E-state index contributed by atoms with van der Waals surface area (Å²) in [6.07, 6.45) is 2.32. The zero-order valence-electron chi connectivity index (χ0n) is 9.66. The maximum Gasteiger partial charge on any atom is 0.254 e. The smallest absolute Gasteiger partial charge is 0.254 e. The van der Waals surface area contributed by atoms with Crippen LogP contribution in [0, 0.1) is 6.92 Å². The van der Waals surface area contributed by atoms with Crippen molar-refractivity contribution in [3.63, 3.8) is 0 Å². The van der Waals surface area contributed by atoms with E-state index in [4.69, 9.17) is 0 Å². The van der Waals surface area contributed by atoms with Crippen molar-refractivity contribution in [2.24, 2.45) is 0 Å². The van der Waals surface area contributed by atoms with Crippen molar-refractivity contribution in [3.8, 4) is 0 Å². The number of rotatable bonds is 3. The Labute approximate surface area is 105 Å². The zero-order chi connectivity index (χ0) is 11.7. The van der Waals surface area contributed by atoms with Gasteiger partial charge in [-0.3, -0.25) is 4.79 Å². The summed E-state index contributed by atoms with van der Waals surface area (Å²) < 4.78 is 0.966. The van der Waals surface area contributed by atoms with Gasteiger partial charge in [-0.15, -0.1) is 0 Å². The quantitative estimate of drug-likeness (QED) is 0.832. The Balaban J connectivity index is 2.28. The van der Waals surface area contributed by atoms with Crippen LogP contribution in [-0.4, -0.2) is 23.4 Å².